The Labute approximate surface area is 79.4 Å². The number of fused-ring (bicyclic) bond motifs is 1. The molecule has 0 aliphatic rings. The van der Waals surface area contributed by atoms with Gasteiger partial charge in [0.1, 0.15) is 17.9 Å². The van der Waals surface area contributed by atoms with Gasteiger partial charge >= 0.3 is 0 Å². The van der Waals surface area contributed by atoms with Crippen molar-refractivity contribution in [3.8, 4) is 6.07 Å². The molecule has 2 aromatic rings. The van der Waals surface area contributed by atoms with E-state index in [-0.39, 0.29) is 0 Å². The zero-order valence-corrected chi connectivity index (χ0v) is 7.58. The van der Waals surface area contributed by atoms with Crippen LogP contribution in [0.15, 0.2) is 12.5 Å². The summed E-state index contributed by atoms with van der Waals surface area (Å²) < 4.78 is 1.56. The molecule has 0 aliphatic carbocycles. The average Bonchev–Trinajstić information content (AvgIpc) is 2.44. The van der Waals surface area contributed by atoms with Gasteiger partial charge in [-0.05, 0) is 12.5 Å². The lowest BCUT2D eigenvalue weighted by Gasteiger charge is -1.94. The molecule has 0 spiro atoms. The molecule has 0 atom stereocenters. The highest BCUT2D eigenvalue weighted by molar-refractivity contribution is 6.32. The van der Waals surface area contributed by atoms with Crippen molar-refractivity contribution in [2.75, 3.05) is 0 Å². The normalized spacial score (nSPS) is 10.2. The fourth-order valence-corrected chi connectivity index (χ4v) is 1.50. The summed E-state index contributed by atoms with van der Waals surface area (Å²) >= 11 is 5.85. The van der Waals surface area contributed by atoms with Crippen LogP contribution in [0.5, 0.6) is 0 Å². The molecule has 0 radical (unpaired) electrons. The van der Waals surface area contributed by atoms with Crippen LogP contribution in [-0.4, -0.2) is 14.6 Å². The Morgan fingerprint density at radius 3 is 3.00 bits per heavy atom. The van der Waals surface area contributed by atoms with Crippen molar-refractivity contribution in [2.45, 2.75) is 6.92 Å². The van der Waals surface area contributed by atoms with Gasteiger partial charge < -0.3 is 0 Å². The van der Waals surface area contributed by atoms with Gasteiger partial charge in [-0.25, -0.2) is 9.50 Å². The van der Waals surface area contributed by atoms with Crippen molar-refractivity contribution in [3.63, 3.8) is 0 Å². The third-order valence-corrected chi connectivity index (χ3v) is 2.18. The van der Waals surface area contributed by atoms with Crippen LogP contribution >= 0.6 is 11.6 Å². The molecule has 5 heteroatoms. The lowest BCUT2D eigenvalue weighted by Crippen LogP contribution is -1.91. The maximum Gasteiger partial charge on any atom is 0.156 e. The fourth-order valence-electron chi connectivity index (χ4n) is 1.23. The van der Waals surface area contributed by atoms with Crippen LogP contribution in [0, 0.1) is 18.3 Å². The summed E-state index contributed by atoms with van der Waals surface area (Å²) in [6.07, 6.45) is 2.99. The van der Waals surface area contributed by atoms with Crippen LogP contribution in [0.4, 0.5) is 0 Å². The van der Waals surface area contributed by atoms with Crippen molar-refractivity contribution in [3.05, 3.63) is 28.8 Å². The first-order valence-corrected chi connectivity index (χ1v) is 4.00. The molecule has 4 nitrogen and oxygen atoms in total. The highest BCUT2D eigenvalue weighted by Gasteiger charge is 2.09. The third kappa shape index (κ3) is 1.05. The Bertz CT molecular complexity index is 509. The van der Waals surface area contributed by atoms with Crippen LogP contribution in [-0.2, 0) is 0 Å². The Hall–Kier alpha value is -1.60. The van der Waals surface area contributed by atoms with Gasteiger partial charge in [-0.1, -0.05) is 11.6 Å². The molecule has 0 unspecified atom stereocenters. The molecule has 0 bridgehead atoms. The maximum atomic E-state index is 8.76. The van der Waals surface area contributed by atoms with E-state index in [2.05, 4.69) is 16.2 Å². The predicted molar refractivity (Wildman–Crippen MR) is 47.4 cm³/mol. The number of nitriles is 1. The summed E-state index contributed by atoms with van der Waals surface area (Å²) in [5, 5.41) is 13.1. The van der Waals surface area contributed by atoms with Crippen LogP contribution in [0.3, 0.4) is 0 Å². The van der Waals surface area contributed by atoms with Crippen molar-refractivity contribution in [2.24, 2.45) is 0 Å². The van der Waals surface area contributed by atoms with Gasteiger partial charge in [-0.15, -0.1) is 0 Å². The van der Waals surface area contributed by atoms with E-state index in [0.717, 1.165) is 5.56 Å². The Morgan fingerprint density at radius 2 is 2.38 bits per heavy atom. The van der Waals surface area contributed by atoms with Crippen molar-refractivity contribution < 1.29 is 0 Å². The van der Waals surface area contributed by atoms with Gasteiger partial charge in [0.15, 0.2) is 5.15 Å². The summed E-state index contributed by atoms with van der Waals surface area (Å²) in [5.41, 5.74) is 2.08. The molecule has 2 heterocycles. The van der Waals surface area contributed by atoms with Gasteiger partial charge in [0.05, 0.1) is 5.56 Å². The molecule has 0 saturated carbocycles. The van der Waals surface area contributed by atoms with Gasteiger partial charge in [0.2, 0.25) is 0 Å². The third-order valence-electron chi connectivity index (χ3n) is 1.90. The summed E-state index contributed by atoms with van der Waals surface area (Å²) in [4.78, 5) is 3.84. The van der Waals surface area contributed by atoms with E-state index in [9.17, 15) is 0 Å². The summed E-state index contributed by atoms with van der Waals surface area (Å²) in [7, 11) is 0. The van der Waals surface area contributed by atoms with Crippen LogP contribution in [0.25, 0.3) is 5.52 Å². The number of nitrogens with zero attached hydrogens (tertiary/aromatic N) is 4. The van der Waals surface area contributed by atoms with E-state index in [1.165, 1.54) is 6.33 Å². The minimum atomic E-state index is 0.369. The van der Waals surface area contributed by atoms with Crippen molar-refractivity contribution in [1.29, 1.82) is 5.26 Å². The lowest BCUT2D eigenvalue weighted by atomic mass is 10.2. The number of aryl methyl sites for hydroxylation is 1. The molecule has 0 N–H and O–H groups in total. The molecule has 2 rings (SSSR count). The fraction of sp³-hybridized carbons (Fsp3) is 0.125. The second kappa shape index (κ2) is 2.71. The highest BCUT2D eigenvalue weighted by Crippen LogP contribution is 2.21. The smallest absolute Gasteiger partial charge is 0.156 e. The highest BCUT2D eigenvalue weighted by atomic mass is 35.5. The monoisotopic (exact) mass is 192 g/mol. The van der Waals surface area contributed by atoms with E-state index < -0.39 is 0 Å². The second-order valence-corrected chi connectivity index (χ2v) is 2.98. The summed E-state index contributed by atoms with van der Waals surface area (Å²) in [6.45, 7) is 1.82. The van der Waals surface area contributed by atoms with E-state index in [4.69, 9.17) is 16.9 Å². The van der Waals surface area contributed by atoms with Gasteiger partial charge in [-0.2, -0.15) is 10.4 Å². The Kier molecular flexibility index (Phi) is 1.67. The van der Waals surface area contributed by atoms with E-state index in [0.29, 0.717) is 16.2 Å². The molecular formula is C8H5ClN4. The molecule has 0 fully saturated rings. The van der Waals surface area contributed by atoms with Crippen molar-refractivity contribution >= 4 is 17.1 Å². The summed E-state index contributed by atoms with van der Waals surface area (Å²) in [5.74, 6) is 0. The largest absolute Gasteiger partial charge is 0.235 e. The summed E-state index contributed by atoms with van der Waals surface area (Å²) in [6, 6.07) is 2.06. The molecule has 0 saturated heterocycles. The first-order valence-electron chi connectivity index (χ1n) is 3.62. The lowest BCUT2D eigenvalue weighted by molar-refractivity contribution is 0.901. The zero-order chi connectivity index (χ0) is 9.42. The molecule has 0 aliphatic heterocycles. The average molecular weight is 193 g/mol. The standard InChI is InChI=1S/C8H5ClN4/c1-5-6(2-10)3-13-7(5)8(9)11-4-12-13/h3-4H,1H3. The predicted octanol–water partition coefficient (Wildman–Crippen LogP) is 1.56. The zero-order valence-electron chi connectivity index (χ0n) is 6.82. The number of rotatable bonds is 0. The van der Waals surface area contributed by atoms with Gasteiger partial charge in [0.25, 0.3) is 0 Å². The van der Waals surface area contributed by atoms with E-state index in [1.807, 2.05) is 6.92 Å². The van der Waals surface area contributed by atoms with Crippen LogP contribution in [0.2, 0.25) is 5.15 Å². The number of hydrogen-bond donors (Lipinski definition) is 0. The second-order valence-electron chi connectivity index (χ2n) is 2.62. The first-order chi connectivity index (χ1) is 6.24. The molecule has 2 aromatic heterocycles. The van der Waals surface area contributed by atoms with Gasteiger partial charge in [0, 0.05) is 6.20 Å². The number of halogens is 1. The number of aromatic nitrogens is 3. The molecule has 13 heavy (non-hydrogen) atoms. The molecular weight excluding hydrogens is 188 g/mol. The molecule has 64 valence electrons. The SMILES string of the molecule is Cc1c(C#N)cn2ncnc(Cl)c12. The van der Waals surface area contributed by atoms with Crippen LogP contribution < -0.4 is 0 Å². The quantitative estimate of drug-likeness (QED) is 0.637. The van der Waals surface area contributed by atoms with E-state index >= 15 is 0 Å². The first kappa shape index (κ1) is 8.02. The van der Waals surface area contributed by atoms with Gasteiger partial charge in [-0.3, -0.25) is 0 Å². The van der Waals surface area contributed by atoms with Crippen molar-refractivity contribution in [1.82, 2.24) is 14.6 Å². The minimum absolute atomic E-state index is 0.369. The van der Waals surface area contributed by atoms with Crippen LogP contribution in [0.1, 0.15) is 11.1 Å². The topological polar surface area (TPSA) is 54.0 Å². The minimum Gasteiger partial charge on any atom is -0.235 e. The van der Waals surface area contributed by atoms with E-state index in [1.54, 1.807) is 10.7 Å². The molecule has 0 amide bonds. The number of hydrogen-bond acceptors (Lipinski definition) is 3. The Morgan fingerprint density at radius 1 is 1.62 bits per heavy atom. The molecule has 0 aromatic carbocycles. The Balaban J connectivity index is 2.95. The maximum absolute atomic E-state index is 8.76.